The van der Waals surface area contributed by atoms with Gasteiger partial charge >= 0.3 is 5.97 Å². The number of alkyl halides is 1. The number of aliphatic hydroxyl groups excluding tert-OH is 1. The second-order valence-electron chi connectivity index (χ2n) is 17.1. The Morgan fingerprint density at radius 3 is 2.52 bits per heavy atom. The van der Waals surface area contributed by atoms with Crippen molar-refractivity contribution in [1.29, 1.82) is 0 Å². The summed E-state index contributed by atoms with van der Waals surface area (Å²) in [4.78, 5) is 14.3. The Labute approximate surface area is 341 Å². The van der Waals surface area contributed by atoms with Crippen molar-refractivity contribution in [2.45, 2.75) is 153 Å². The minimum absolute atomic E-state index is 0.0150. The van der Waals surface area contributed by atoms with Crippen LogP contribution in [0.5, 0.6) is 0 Å². The lowest BCUT2D eigenvalue weighted by atomic mass is 9.71. The molecule has 5 heterocycles. The largest absolute Gasteiger partial charge is 0.462 e. The van der Waals surface area contributed by atoms with E-state index >= 15 is 0 Å². The highest BCUT2D eigenvalue weighted by molar-refractivity contribution is 9.09. The van der Waals surface area contributed by atoms with Crippen LogP contribution in [0.15, 0.2) is 59.3 Å². The van der Waals surface area contributed by atoms with Crippen molar-refractivity contribution < 1.29 is 52.9 Å². The summed E-state index contributed by atoms with van der Waals surface area (Å²) in [6.07, 6.45) is 12.3. The quantitative estimate of drug-likeness (QED) is 0.120. The van der Waals surface area contributed by atoms with E-state index in [0.717, 1.165) is 12.0 Å². The van der Waals surface area contributed by atoms with Crippen LogP contribution in [0.1, 0.15) is 80.6 Å². The molecule has 0 aromatic heterocycles. The molecule has 6 rings (SSSR count). The first-order chi connectivity index (χ1) is 26.7. The minimum Gasteiger partial charge on any atom is -0.462 e. The summed E-state index contributed by atoms with van der Waals surface area (Å²) in [5.74, 6) is -2.29. The van der Waals surface area contributed by atoms with Crippen LogP contribution < -0.4 is 0 Å². The fourth-order valence-electron chi connectivity index (χ4n) is 9.88. The number of hydrogen-bond donors (Lipinski definition) is 2. The van der Waals surface area contributed by atoms with E-state index in [1.54, 1.807) is 27.2 Å². The molecule has 0 radical (unpaired) electrons. The second-order valence-corrected chi connectivity index (χ2v) is 17.7. The van der Waals surface area contributed by atoms with E-state index in [1.165, 1.54) is 0 Å². The van der Waals surface area contributed by atoms with Crippen LogP contribution in [-0.2, 0) is 42.7 Å². The zero-order chi connectivity index (χ0) is 40.5. The van der Waals surface area contributed by atoms with E-state index in [-0.39, 0.29) is 61.0 Å². The lowest BCUT2D eigenvalue weighted by Crippen LogP contribution is -2.58. The second kappa shape index (κ2) is 18.3. The summed E-state index contributed by atoms with van der Waals surface area (Å²) >= 11 is 3.48. The zero-order valence-corrected chi connectivity index (χ0v) is 36.2. The number of methoxy groups -OCH3 is 2. The predicted octanol–water partition coefficient (Wildman–Crippen LogP) is 6.51. The number of esters is 1. The lowest BCUT2D eigenvalue weighted by Gasteiger charge is -2.48. The molecule has 0 aromatic carbocycles. The average Bonchev–Trinajstić information content (AvgIpc) is 3.51. The maximum absolute atomic E-state index is 14.3. The third kappa shape index (κ3) is 8.76. The van der Waals surface area contributed by atoms with Crippen molar-refractivity contribution in [3.63, 3.8) is 0 Å². The minimum atomic E-state index is -1.80. The normalized spacial score (nSPS) is 46.8. The van der Waals surface area contributed by atoms with Crippen LogP contribution >= 0.6 is 15.9 Å². The highest BCUT2D eigenvalue weighted by Crippen LogP contribution is 2.47. The van der Waals surface area contributed by atoms with Gasteiger partial charge in [0.2, 0.25) is 0 Å². The Bertz CT molecular complexity index is 1540. The van der Waals surface area contributed by atoms with Crippen LogP contribution in [0.4, 0.5) is 0 Å². The molecule has 1 spiro atoms. The number of rotatable bonds is 8. The molecule has 12 heteroatoms. The molecule has 0 aromatic rings. The Balaban J connectivity index is 1.39. The third-order valence-corrected chi connectivity index (χ3v) is 13.8. The molecule has 0 amide bonds. The van der Waals surface area contributed by atoms with Gasteiger partial charge in [-0.15, -0.1) is 0 Å². The van der Waals surface area contributed by atoms with Gasteiger partial charge in [0.15, 0.2) is 12.1 Å². The first-order valence-electron chi connectivity index (χ1n) is 20.6. The number of fused-ring (bicyclic) bond motifs is 2. The number of halogens is 1. The number of aliphatic hydroxyl groups is 2. The molecule has 56 heavy (non-hydrogen) atoms. The fourth-order valence-corrected chi connectivity index (χ4v) is 10.3. The topological polar surface area (TPSA) is 131 Å². The van der Waals surface area contributed by atoms with E-state index in [1.807, 2.05) is 25.2 Å². The first-order valence-corrected chi connectivity index (χ1v) is 21.7. The van der Waals surface area contributed by atoms with Crippen molar-refractivity contribution in [2.24, 2.45) is 29.6 Å². The molecule has 1 aliphatic carbocycles. The molecule has 11 nitrogen and oxygen atoms in total. The van der Waals surface area contributed by atoms with Gasteiger partial charge < -0.3 is 48.1 Å². The molecule has 314 valence electrons. The van der Waals surface area contributed by atoms with E-state index in [0.29, 0.717) is 48.1 Å². The molecule has 5 aliphatic heterocycles. The van der Waals surface area contributed by atoms with Crippen molar-refractivity contribution in [1.82, 2.24) is 0 Å². The summed E-state index contributed by atoms with van der Waals surface area (Å²) in [6, 6.07) is 0. The summed E-state index contributed by atoms with van der Waals surface area (Å²) in [7, 11) is 3.34. The predicted molar refractivity (Wildman–Crippen MR) is 215 cm³/mol. The van der Waals surface area contributed by atoms with Crippen LogP contribution in [0, 0.1) is 29.6 Å². The zero-order valence-electron chi connectivity index (χ0n) is 34.6. The smallest absolute Gasteiger partial charge is 0.316 e. The van der Waals surface area contributed by atoms with Gasteiger partial charge in [-0.2, -0.15) is 0 Å². The number of allylic oxidation sites excluding steroid dienone is 3. The SMILES string of the molecule is CCC(C)[C@H]1O[C@]2(C=C[C@@H]1C)C[C@@H]1C[C@@H](C/C=C(\C)[C@@H](C3C[C@H](OC)[C@@H](OC(CBr)OC)[C@H](C)O3)[C@@H](C)/C=C/C=C3\CO[C@@H]4[C@H](O)C(C)=C[C@@H](C(=O)O1)[C@]34O)O2. The Morgan fingerprint density at radius 2 is 1.82 bits per heavy atom. The maximum atomic E-state index is 14.3. The highest BCUT2D eigenvalue weighted by Gasteiger charge is 2.60. The Kier molecular flexibility index (Phi) is 14.3. The summed E-state index contributed by atoms with van der Waals surface area (Å²) in [6.45, 7) is 14.7. The van der Waals surface area contributed by atoms with Gasteiger partial charge in [0, 0.05) is 45.3 Å². The maximum Gasteiger partial charge on any atom is 0.316 e. The monoisotopic (exact) mass is 848 g/mol. The van der Waals surface area contributed by atoms with E-state index < -0.39 is 47.9 Å². The van der Waals surface area contributed by atoms with Gasteiger partial charge in [-0.1, -0.05) is 92.1 Å². The number of carbonyl (C=O) groups is 1. The molecule has 0 saturated carbocycles. The summed E-state index contributed by atoms with van der Waals surface area (Å²) in [5, 5.41) is 24.2. The van der Waals surface area contributed by atoms with Gasteiger partial charge in [-0.3, -0.25) is 4.79 Å². The average molecular weight is 850 g/mol. The molecular formula is C44H65BrO11. The molecule has 17 atom stereocenters. The number of ether oxygens (including phenoxy) is 8. The van der Waals surface area contributed by atoms with Crippen molar-refractivity contribution in [2.75, 3.05) is 26.2 Å². The van der Waals surface area contributed by atoms with Gasteiger partial charge in [0.1, 0.15) is 35.9 Å². The van der Waals surface area contributed by atoms with Gasteiger partial charge in [-0.05, 0) is 56.3 Å². The Hall–Kier alpha value is -1.71. The molecular weight excluding hydrogens is 784 g/mol. The van der Waals surface area contributed by atoms with Crippen molar-refractivity contribution in [3.8, 4) is 0 Å². The molecule has 3 saturated heterocycles. The highest BCUT2D eigenvalue weighted by atomic mass is 79.9. The molecule has 3 fully saturated rings. The first kappa shape index (κ1) is 43.9. The lowest BCUT2D eigenvalue weighted by molar-refractivity contribution is -0.300. The third-order valence-electron chi connectivity index (χ3n) is 13.3. The molecule has 6 aliphatic rings. The van der Waals surface area contributed by atoms with E-state index in [9.17, 15) is 15.0 Å². The van der Waals surface area contributed by atoms with E-state index in [4.69, 9.17) is 37.9 Å². The van der Waals surface area contributed by atoms with E-state index in [2.05, 4.69) is 68.8 Å². The van der Waals surface area contributed by atoms with Crippen LogP contribution in [-0.4, -0.2) is 115 Å². The van der Waals surface area contributed by atoms with Crippen molar-refractivity contribution >= 4 is 21.9 Å². The van der Waals surface area contributed by atoms with Gasteiger partial charge in [0.05, 0.1) is 42.5 Å². The molecule has 3 unspecified atom stereocenters. The van der Waals surface area contributed by atoms with Gasteiger partial charge in [0.25, 0.3) is 0 Å². The van der Waals surface area contributed by atoms with Crippen LogP contribution in [0.25, 0.3) is 0 Å². The summed E-state index contributed by atoms with van der Waals surface area (Å²) in [5.41, 5.74) is 0.418. The van der Waals surface area contributed by atoms with Crippen LogP contribution in [0.3, 0.4) is 0 Å². The summed E-state index contributed by atoms with van der Waals surface area (Å²) < 4.78 is 51.0. The van der Waals surface area contributed by atoms with Crippen molar-refractivity contribution in [3.05, 3.63) is 59.3 Å². The molecule has 2 N–H and O–H groups in total. The molecule has 2 bridgehead atoms. The van der Waals surface area contributed by atoms with Gasteiger partial charge in [-0.25, -0.2) is 0 Å². The fraction of sp³-hybridized carbons (Fsp3) is 0.750. The number of hydrogen-bond acceptors (Lipinski definition) is 11. The van der Waals surface area contributed by atoms with Crippen LogP contribution in [0.2, 0.25) is 0 Å². The Morgan fingerprint density at radius 1 is 1.05 bits per heavy atom. The standard InChI is InChI=1S/C44H65BrO11/c1-10-24(2)39-27(5)16-17-43(56-39)21-32-19-31(55-43)15-14-26(4)37(34-20-35(49-8)40(29(7)52-34)54-36(22-45)50-9)25(3)12-11-13-30-23-51-41-38(46)28(6)18-33(42(47)53-32)44(30,41)48/h11-14,16-18,24-25,27,29,31-41,46,48H,10,15,19-23H2,1-9H3/b12-11+,26-14+,30-13+/t24?,25-,27-,29-,31+,32-,33-,34?,35-,36?,37-,38+,39+,40-,41+,43+,44+/m0/s1. The number of carbonyl (C=O) groups excluding carboxylic acids is 1.